The minimum atomic E-state index is -0.488. The van der Waals surface area contributed by atoms with Gasteiger partial charge < -0.3 is 19.3 Å². The Morgan fingerprint density at radius 3 is 2.22 bits per heavy atom. The Morgan fingerprint density at radius 1 is 1.04 bits per heavy atom. The van der Waals surface area contributed by atoms with Crippen LogP contribution in [0.15, 0.2) is 0 Å². The number of likely N-dealkylation sites (tertiary alicyclic amines) is 2. The van der Waals surface area contributed by atoms with E-state index in [0.29, 0.717) is 19.6 Å². The number of methoxy groups -OCH3 is 1. The van der Waals surface area contributed by atoms with Gasteiger partial charge in [-0.05, 0) is 33.6 Å². The largest absolute Gasteiger partial charge is 0.469 e. The summed E-state index contributed by atoms with van der Waals surface area (Å²) in [6, 6.07) is 0. The van der Waals surface area contributed by atoms with Gasteiger partial charge in [-0.3, -0.25) is 4.79 Å². The number of thiocarbonyl (C=S) groups is 1. The van der Waals surface area contributed by atoms with Crippen LogP contribution in [-0.4, -0.2) is 65.7 Å². The van der Waals surface area contributed by atoms with Gasteiger partial charge in [0.25, 0.3) is 0 Å². The first-order valence-corrected chi connectivity index (χ1v) is 8.46. The molecule has 2 rings (SSSR count). The van der Waals surface area contributed by atoms with E-state index in [1.807, 2.05) is 20.8 Å². The average Bonchev–Trinajstić information content (AvgIpc) is 3.13. The van der Waals surface area contributed by atoms with Crippen LogP contribution in [0.5, 0.6) is 0 Å². The lowest BCUT2D eigenvalue weighted by atomic mass is 10.1. The third-order valence-electron chi connectivity index (χ3n) is 4.22. The summed E-state index contributed by atoms with van der Waals surface area (Å²) in [6.07, 6.45) is 1.34. The lowest BCUT2D eigenvalue weighted by Gasteiger charge is -2.26. The van der Waals surface area contributed by atoms with Crippen LogP contribution in [0.25, 0.3) is 0 Å². The van der Waals surface area contributed by atoms with Crippen molar-refractivity contribution in [2.24, 2.45) is 11.8 Å². The molecule has 7 heteroatoms. The Bertz CT molecular complexity index is 489. The first kappa shape index (κ1) is 18.0. The monoisotopic (exact) mass is 342 g/mol. The Balaban J connectivity index is 1.86. The highest BCUT2D eigenvalue weighted by atomic mass is 32.1. The van der Waals surface area contributed by atoms with Gasteiger partial charge in [0.1, 0.15) is 5.60 Å². The van der Waals surface area contributed by atoms with Crippen molar-refractivity contribution < 1.29 is 19.1 Å². The van der Waals surface area contributed by atoms with Gasteiger partial charge in [-0.15, -0.1) is 0 Å². The molecule has 2 saturated heterocycles. The maximum atomic E-state index is 12.1. The van der Waals surface area contributed by atoms with E-state index in [9.17, 15) is 9.59 Å². The third-order valence-corrected chi connectivity index (χ3v) is 4.82. The molecule has 0 aromatic carbocycles. The quantitative estimate of drug-likeness (QED) is 0.566. The van der Waals surface area contributed by atoms with Gasteiger partial charge in [0.05, 0.1) is 18.0 Å². The maximum absolute atomic E-state index is 12.1. The number of carbonyl (C=O) groups is 2. The number of esters is 1. The Labute approximate surface area is 143 Å². The van der Waals surface area contributed by atoms with Crippen LogP contribution in [0.1, 0.15) is 33.6 Å². The van der Waals surface area contributed by atoms with Crippen molar-refractivity contribution in [2.45, 2.75) is 39.2 Å². The average molecular weight is 342 g/mol. The summed E-state index contributed by atoms with van der Waals surface area (Å²) < 4.78 is 10.2. The van der Waals surface area contributed by atoms with Crippen molar-refractivity contribution in [1.82, 2.24) is 9.80 Å². The van der Waals surface area contributed by atoms with Crippen molar-refractivity contribution >= 4 is 29.3 Å². The minimum Gasteiger partial charge on any atom is -0.469 e. The fourth-order valence-corrected chi connectivity index (χ4v) is 3.39. The predicted octanol–water partition coefficient (Wildman–Crippen LogP) is 2.07. The number of hydrogen-bond acceptors (Lipinski definition) is 5. The smallest absolute Gasteiger partial charge is 0.410 e. The van der Waals surface area contributed by atoms with Crippen LogP contribution >= 0.6 is 12.2 Å². The summed E-state index contributed by atoms with van der Waals surface area (Å²) in [5.41, 5.74) is -0.488. The van der Waals surface area contributed by atoms with Crippen LogP contribution in [0.2, 0.25) is 0 Å². The molecule has 130 valence electrons. The van der Waals surface area contributed by atoms with Crippen LogP contribution in [0.3, 0.4) is 0 Å². The van der Waals surface area contributed by atoms with Crippen molar-refractivity contribution in [1.29, 1.82) is 0 Å². The van der Waals surface area contributed by atoms with Crippen LogP contribution in [0.4, 0.5) is 4.79 Å². The number of amides is 1. The van der Waals surface area contributed by atoms with Crippen molar-refractivity contribution in [2.75, 3.05) is 33.3 Å². The van der Waals surface area contributed by atoms with E-state index in [-0.39, 0.29) is 23.9 Å². The Hall–Kier alpha value is -1.37. The standard InChI is InChI=1S/C16H26N2O4S/c1-16(2,3)22-15(20)18-8-5-11(9-18)13(23)17-7-6-12(10-17)14(19)21-4/h11-12H,5-10H2,1-4H3/t11-,12-/m0/s1. The van der Waals surface area contributed by atoms with Gasteiger partial charge in [0.15, 0.2) is 0 Å². The Morgan fingerprint density at radius 2 is 1.61 bits per heavy atom. The van der Waals surface area contributed by atoms with Gasteiger partial charge in [-0.25, -0.2) is 4.79 Å². The number of ether oxygens (including phenoxy) is 2. The SMILES string of the molecule is COC(=O)[C@H]1CCN(C(=S)[C@H]2CCN(C(=O)OC(C)(C)C)C2)C1. The molecule has 0 aromatic heterocycles. The molecule has 0 N–H and O–H groups in total. The summed E-state index contributed by atoms with van der Waals surface area (Å²) >= 11 is 5.59. The fourth-order valence-electron chi connectivity index (χ4n) is 3.03. The molecule has 2 atom stereocenters. The molecule has 0 bridgehead atoms. The summed E-state index contributed by atoms with van der Waals surface area (Å²) in [5.74, 6) is -0.104. The van der Waals surface area contributed by atoms with Crippen LogP contribution in [-0.2, 0) is 14.3 Å². The van der Waals surface area contributed by atoms with E-state index in [0.717, 1.165) is 24.4 Å². The maximum Gasteiger partial charge on any atom is 0.410 e. The molecule has 0 spiro atoms. The van der Waals surface area contributed by atoms with E-state index in [2.05, 4.69) is 4.90 Å². The molecule has 2 heterocycles. The fraction of sp³-hybridized carbons (Fsp3) is 0.812. The molecular formula is C16H26N2O4S. The molecule has 6 nitrogen and oxygen atoms in total. The molecule has 0 aromatic rings. The second kappa shape index (κ2) is 7.03. The summed E-state index contributed by atoms with van der Waals surface area (Å²) in [6.45, 7) is 8.23. The normalized spacial score (nSPS) is 24.7. The highest BCUT2D eigenvalue weighted by Crippen LogP contribution is 2.26. The summed E-state index contributed by atoms with van der Waals surface area (Å²) in [5, 5.41) is 0. The molecule has 0 radical (unpaired) electrons. The molecule has 1 amide bonds. The van der Waals surface area contributed by atoms with Crippen LogP contribution in [0, 0.1) is 11.8 Å². The molecule has 0 unspecified atom stereocenters. The lowest BCUT2D eigenvalue weighted by molar-refractivity contribution is -0.144. The van der Waals surface area contributed by atoms with Gasteiger partial charge >= 0.3 is 12.1 Å². The first-order valence-electron chi connectivity index (χ1n) is 8.06. The molecule has 2 fully saturated rings. The number of rotatable bonds is 2. The van der Waals surface area contributed by atoms with Crippen molar-refractivity contribution in [3.63, 3.8) is 0 Å². The van der Waals surface area contributed by atoms with Gasteiger partial charge in [0.2, 0.25) is 0 Å². The number of nitrogens with zero attached hydrogens (tertiary/aromatic N) is 2. The second-order valence-corrected chi connectivity index (χ2v) is 7.62. The van der Waals surface area contributed by atoms with Crippen molar-refractivity contribution in [3.8, 4) is 0 Å². The predicted molar refractivity (Wildman–Crippen MR) is 90.2 cm³/mol. The Kier molecular flexibility index (Phi) is 5.49. The molecule has 0 aliphatic carbocycles. The molecular weight excluding hydrogens is 316 g/mol. The van der Waals surface area contributed by atoms with E-state index >= 15 is 0 Å². The summed E-state index contributed by atoms with van der Waals surface area (Å²) in [7, 11) is 1.42. The van der Waals surface area contributed by atoms with E-state index in [1.54, 1.807) is 4.90 Å². The highest BCUT2D eigenvalue weighted by molar-refractivity contribution is 7.80. The number of hydrogen-bond donors (Lipinski definition) is 0. The lowest BCUT2D eigenvalue weighted by Crippen LogP contribution is -2.38. The molecule has 23 heavy (non-hydrogen) atoms. The topological polar surface area (TPSA) is 59.1 Å². The van der Waals surface area contributed by atoms with E-state index in [1.165, 1.54) is 7.11 Å². The second-order valence-electron chi connectivity index (χ2n) is 7.20. The highest BCUT2D eigenvalue weighted by Gasteiger charge is 2.37. The first-order chi connectivity index (χ1) is 10.7. The van der Waals surface area contributed by atoms with E-state index < -0.39 is 5.60 Å². The van der Waals surface area contributed by atoms with Gasteiger partial charge in [-0.1, -0.05) is 12.2 Å². The minimum absolute atomic E-state index is 0.0960. The van der Waals surface area contributed by atoms with Crippen molar-refractivity contribution in [3.05, 3.63) is 0 Å². The zero-order valence-corrected chi connectivity index (χ0v) is 15.1. The van der Waals surface area contributed by atoms with E-state index in [4.69, 9.17) is 21.7 Å². The molecule has 2 aliphatic rings. The molecule has 2 aliphatic heterocycles. The zero-order chi connectivity index (χ0) is 17.2. The third kappa shape index (κ3) is 4.56. The van der Waals surface area contributed by atoms with Crippen LogP contribution < -0.4 is 0 Å². The molecule has 0 saturated carbocycles. The zero-order valence-electron chi connectivity index (χ0n) is 14.3. The number of carbonyl (C=O) groups excluding carboxylic acids is 2. The van der Waals surface area contributed by atoms with Gasteiger partial charge in [-0.2, -0.15) is 0 Å². The van der Waals surface area contributed by atoms with Gasteiger partial charge in [0, 0.05) is 32.1 Å². The summed E-state index contributed by atoms with van der Waals surface area (Å²) in [4.78, 5) is 28.4.